The first kappa shape index (κ1) is 14.8. The number of nitrogens with zero attached hydrogens (tertiary/aromatic N) is 1. The molecular formula is C15H21N3OS. The van der Waals surface area contributed by atoms with Crippen LogP contribution in [0.1, 0.15) is 50.4 Å². The molecule has 2 aromatic rings. The van der Waals surface area contributed by atoms with E-state index in [4.69, 9.17) is 5.73 Å². The number of nitrogens with one attached hydrogen (secondary N) is 1. The third-order valence-electron chi connectivity index (χ3n) is 4.08. The molecule has 0 unspecified atom stereocenters. The molecule has 1 aromatic heterocycles. The SMILES string of the molecule is CCC(CC)(CC)NC(=O)c1ccc2nc(N)sc2c1. The van der Waals surface area contributed by atoms with E-state index >= 15 is 0 Å². The summed E-state index contributed by atoms with van der Waals surface area (Å²) in [5.74, 6) is -0.0237. The van der Waals surface area contributed by atoms with Gasteiger partial charge in [0, 0.05) is 11.1 Å². The molecule has 0 spiro atoms. The van der Waals surface area contributed by atoms with Crippen molar-refractivity contribution in [1.29, 1.82) is 0 Å². The van der Waals surface area contributed by atoms with Gasteiger partial charge < -0.3 is 11.1 Å². The van der Waals surface area contributed by atoms with Crippen molar-refractivity contribution in [2.45, 2.75) is 45.6 Å². The number of carbonyl (C=O) groups excluding carboxylic acids is 1. The van der Waals surface area contributed by atoms with E-state index in [1.807, 2.05) is 18.2 Å². The number of aromatic nitrogens is 1. The number of nitrogen functional groups attached to an aromatic ring is 1. The van der Waals surface area contributed by atoms with Gasteiger partial charge in [0.05, 0.1) is 10.2 Å². The summed E-state index contributed by atoms with van der Waals surface area (Å²) in [6.45, 7) is 6.33. The van der Waals surface area contributed by atoms with Crippen LogP contribution in [0.2, 0.25) is 0 Å². The number of carbonyl (C=O) groups is 1. The lowest BCUT2D eigenvalue weighted by Crippen LogP contribution is -2.47. The number of nitrogens with two attached hydrogens (primary N) is 1. The molecule has 0 radical (unpaired) electrons. The highest BCUT2D eigenvalue weighted by Crippen LogP contribution is 2.25. The Balaban J connectivity index is 2.26. The molecule has 1 amide bonds. The van der Waals surface area contributed by atoms with Crippen LogP contribution in [0.15, 0.2) is 18.2 Å². The van der Waals surface area contributed by atoms with E-state index in [9.17, 15) is 4.79 Å². The van der Waals surface area contributed by atoms with Crippen molar-refractivity contribution in [3.63, 3.8) is 0 Å². The Labute approximate surface area is 123 Å². The number of hydrogen-bond donors (Lipinski definition) is 2. The molecule has 0 bridgehead atoms. The van der Waals surface area contributed by atoms with E-state index in [2.05, 4.69) is 31.1 Å². The van der Waals surface area contributed by atoms with E-state index in [1.165, 1.54) is 11.3 Å². The van der Waals surface area contributed by atoms with Crippen LogP contribution in [0.25, 0.3) is 10.2 Å². The number of hydrogen-bond acceptors (Lipinski definition) is 4. The lowest BCUT2D eigenvalue weighted by molar-refractivity contribution is 0.0888. The molecule has 5 heteroatoms. The maximum atomic E-state index is 12.4. The molecule has 2 rings (SSSR count). The Kier molecular flexibility index (Phi) is 4.28. The van der Waals surface area contributed by atoms with Crippen LogP contribution in [0, 0.1) is 0 Å². The van der Waals surface area contributed by atoms with E-state index in [0.717, 1.165) is 29.5 Å². The fraction of sp³-hybridized carbons (Fsp3) is 0.467. The second kappa shape index (κ2) is 5.79. The fourth-order valence-corrected chi connectivity index (χ4v) is 3.19. The summed E-state index contributed by atoms with van der Waals surface area (Å²) in [5, 5.41) is 3.71. The second-order valence-electron chi connectivity index (χ2n) is 5.03. The van der Waals surface area contributed by atoms with Crippen LogP contribution in [-0.4, -0.2) is 16.4 Å². The van der Waals surface area contributed by atoms with Crippen molar-refractivity contribution < 1.29 is 4.79 Å². The predicted molar refractivity (Wildman–Crippen MR) is 85.1 cm³/mol. The maximum absolute atomic E-state index is 12.4. The number of anilines is 1. The number of thiazole rings is 1. The molecule has 3 N–H and O–H groups in total. The van der Waals surface area contributed by atoms with Crippen molar-refractivity contribution >= 4 is 32.6 Å². The first-order valence-electron chi connectivity index (χ1n) is 7.02. The Bertz CT molecular complexity index is 608. The second-order valence-corrected chi connectivity index (χ2v) is 6.09. The third-order valence-corrected chi connectivity index (χ3v) is 4.92. The lowest BCUT2D eigenvalue weighted by Gasteiger charge is -2.31. The zero-order valence-electron chi connectivity index (χ0n) is 12.2. The van der Waals surface area contributed by atoms with Gasteiger partial charge in [-0.1, -0.05) is 32.1 Å². The Morgan fingerprint density at radius 2 is 1.95 bits per heavy atom. The summed E-state index contributed by atoms with van der Waals surface area (Å²) in [6, 6.07) is 5.52. The number of fused-ring (bicyclic) bond motifs is 1. The van der Waals surface area contributed by atoms with Crippen LogP contribution in [-0.2, 0) is 0 Å². The monoisotopic (exact) mass is 291 g/mol. The number of benzene rings is 1. The topological polar surface area (TPSA) is 68.0 Å². The Hall–Kier alpha value is -1.62. The molecule has 4 nitrogen and oxygen atoms in total. The summed E-state index contributed by atoms with van der Waals surface area (Å²) in [7, 11) is 0. The Morgan fingerprint density at radius 3 is 2.55 bits per heavy atom. The molecule has 20 heavy (non-hydrogen) atoms. The van der Waals surface area contributed by atoms with Crippen LogP contribution >= 0.6 is 11.3 Å². The number of rotatable bonds is 5. The molecule has 0 aliphatic carbocycles. The highest BCUT2D eigenvalue weighted by molar-refractivity contribution is 7.22. The zero-order valence-corrected chi connectivity index (χ0v) is 13.0. The van der Waals surface area contributed by atoms with E-state index in [-0.39, 0.29) is 11.4 Å². The maximum Gasteiger partial charge on any atom is 0.251 e. The van der Waals surface area contributed by atoms with Gasteiger partial charge in [-0.15, -0.1) is 0 Å². The van der Waals surface area contributed by atoms with Gasteiger partial charge >= 0.3 is 0 Å². The minimum atomic E-state index is -0.112. The van der Waals surface area contributed by atoms with Gasteiger partial charge in [0.2, 0.25) is 0 Å². The molecule has 108 valence electrons. The minimum Gasteiger partial charge on any atom is -0.375 e. The summed E-state index contributed by atoms with van der Waals surface area (Å²) in [6.07, 6.45) is 2.80. The summed E-state index contributed by atoms with van der Waals surface area (Å²) in [4.78, 5) is 16.6. The van der Waals surface area contributed by atoms with Gasteiger partial charge in [0.25, 0.3) is 5.91 Å². The summed E-state index contributed by atoms with van der Waals surface area (Å²) >= 11 is 1.41. The number of amides is 1. The summed E-state index contributed by atoms with van der Waals surface area (Å²) < 4.78 is 0.949. The molecule has 0 atom stereocenters. The molecule has 0 aliphatic rings. The smallest absolute Gasteiger partial charge is 0.251 e. The van der Waals surface area contributed by atoms with Crippen molar-refractivity contribution in [2.24, 2.45) is 0 Å². The normalized spacial score (nSPS) is 11.8. The average molecular weight is 291 g/mol. The van der Waals surface area contributed by atoms with E-state index in [1.54, 1.807) is 0 Å². The van der Waals surface area contributed by atoms with Gasteiger partial charge in [-0.05, 0) is 37.5 Å². The van der Waals surface area contributed by atoms with Gasteiger partial charge in [0.15, 0.2) is 5.13 Å². The van der Waals surface area contributed by atoms with Crippen LogP contribution in [0.3, 0.4) is 0 Å². The standard InChI is InChI=1S/C15H21N3OS/c1-4-15(5-2,6-3)18-13(19)10-7-8-11-12(9-10)20-14(16)17-11/h7-9H,4-6H2,1-3H3,(H2,16,17)(H,18,19). The molecule has 0 saturated carbocycles. The van der Waals surface area contributed by atoms with Crippen LogP contribution in [0.4, 0.5) is 5.13 Å². The van der Waals surface area contributed by atoms with Crippen molar-refractivity contribution in [3.8, 4) is 0 Å². The quantitative estimate of drug-likeness (QED) is 0.884. The molecular weight excluding hydrogens is 270 g/mol. The van der Waals surface area contributed by atoms with Gasteiger partial charge in [-0.3, -0.25) is 4.79 Å². The van der Waals surface area contributed by atoms with Crippen LogP contribution in [0.5, 0.6) is 0 Å². The van der Waals surface area contributed by atoms with Crippen molar-refractivity contribution in [2.75, 3.05) is 5.73 Å². The van der Waals surface area contributed by atoms with E-state index in [0.29, 0.717) is 10.7 Å². The molecule has 1 aromatic carbocycles. The van der Waals surface area contributed by atoms with Crippen LogP contribution < -0.4 is 11.1 Å². The highest BCUT2D eigenvalue weighted by atomic mass is 32.1. The minimum absolute atomic E-state index is 0.0237. The lowest BCUT2D eigenvalue weighted by atomic mass is 9.89. The largest absolute Gasteiger partial charge is 0.375 e. The van der Waals surface area contributed by atoms with Crippen molar-refractivity contribution in [3.05, 3.63) is 23.8 Å². The van der Waals surface area contributed by atoms with Gasteiger partial charge in [-0.25, -0.2) is 4.98 Å². The van der Waals surface area contributed by atoms with Crippen molar-refractivity contribution in [1.82, 2.24) is 10.3 Å². The van der Waals surface area contributed by atoms with Gasteiger partial charge in [0.1, 0.15) is 0 Å². The molecule has 1 heterocycles. The van der Waals surface area contributed by atoms with Gasteiger partial charge in [-0.2, -0.15) is 0 Å². The highest BCUT2D eigenvalue weighted by Gasteiger charge is 2.26. The average Bonchev–Trinajstić information content (AvgIpc) is 2.83. The molecule has 0 saturated heterocycles. The molecule has 0 aliphatic heterocycles. The van der Waals surface area contributed by atoms with E-state index < -0.39 is 0 Å². The Morgan fingerprint density at radius 1 is 1.30 bits per heavy atom. The summed E-state index contributed by atoms with van der Waals surface area (Å²) in [5.41, 5.74) is 7.09. The first-order valence-corrected chi connectivity index (χ1v) is 7.83. The predicted octanol–water partition coefficient (Wildman–Crippen LogP) is 3.58. The zero-order chi connectivity index (χ0) is 14.8. The fourth-order valence-electron chi connectivity index (χ4n) is 2.41. The first-order chi connectivity index (χ1) is 9.53. The third kappa shape index (κ3) is 2.77. The molecule has 0 fully saturated rings.